The first-order valence-corrected chi connectivity index (χ1v) is 8.42. The first-order valence-electron chi connectivity index (χ1n) is 6.08. The monoisotopic (exact) mass is 384 g/mol. The second-order valence-corrected chi connectivity index (χ2v) is 6.98. The number of carbonyl (C=O) groups excluding carboxylic acids is 1. The highest BCUT2D eigenvalue weighted by atomic mass is 79.9. The van der Waals surface area contributed by atoms with Gasteiger partial charge in [-0.15, -0.1) is 0 Å². The van der Waals surface area contributed by atoms with Crippen molar-refractivity contribution in [2.24, 2.45) is 11.1 Å². The van der Waals surface area contributed by atoms with Gasteiger partial charge in [0.2, 0.25) is 10.0 Å². The van der Waals surface area contributed by atoms with Crippen LogP contribution in [0.5, 0.6) is 0 Å². The summed E-state index contributed by atoms with van der Waals surface area (Å²) in [6.07, 6.45) is 0.772. The summed E-state index contributed by atoms with van der Waals surface area (Å²) in [5.41, 5.74) is -0.967. The standard InChI is InChI=1S/C12H15BrF2N2O3S/c1-3-6(2)5-17-12(18)9-8(14)4-7(13)11(10(9)15)21(16,19)20/h4,6H,3,5H2,1-2H3,(H,17,18)(H2,16,19,20). The maximum Gasteiger partial charge on any atom is 0.257 e. The summed E-state index contributed by atoms with van der Waals surface area (Å²) in [6, 6.07) is 0.695. The molecule has 3 N–H and O–H groups in total. The maximum atomic E-state index is 14.2. The van der Waals surface area contributed by atoms with Crippen LogP contribution in [0.3, 0.4) is 0 Å². The van der Waals surface area contributed by atoms with E-state index >= 15 is 0 Å². The smallest absolute Gasteiger partial charge is 0.257 e. The van der Waals surface area contributed by atoms with Crippen LogP contribution < -0.4 is 10.5 Å². The van der Waals surface area contributed by atoms with Crippen molar-refractivity contribution < 1.29 is 22.0 Å². The lowest BCUT2D eigenvalue weighted by Gasteiger charge is -2.13. The molecule has 1 rings (SSSR count). The summed E-state index contributed by atoms with van der Waals surface area (Å²) in [6.45, 7) is 3.97. The Hall–Kier alpha value is -1.06. The van der Waals surface area contributed by atoms with Crippen molar-refractivity contribution in [3.63, 3.8) is 0 Å². The number of halogens is 3. The fraction of sp³-hybridized carbons (Fsp3) is 0.417. The topological polar surface area (TPSA) is 89.3 Å². The molecule has 0 aliphatic carbocycles. The molecular weight excluding hydrogens is 370 g/mol. The van der Waals surface area contributed by atoms with E-state index in [-0.39, 0.29) is 16.9 Å². The Balaban J connectivity index is 3.28. The van der Waals surface area contributed by atoms with Gasteiger partial charge in [0.1, 0.15) is 16.3 Å². The fourth-order valence-electron chi connectivity index (χ4n) is 1.54. The molecule has 0 fully saturated rings. The summed E-state index contributed by atoms with van der Waals surface area (Å²) in [5, 5.41) is 7.23. The zero-order valence-corrected chi connectivity index (χ0v) is 13.8. The number of hydrogen-bond acceptors (Lipinski definition) is 3. The number of benzene rings is 1. The van der Waals surface area contributed by atoms with Crippen molar-refractivity contribution in [2.75, 3.05) is 6.54 Å². The zero-order chi connectivity index (χ0) is 16.4. The maximum absolute atomic E-state index is 14.2. The van der Waals surface area contributed by atoms with Crippen LogP contribution in [0.1, 0.15) is 30.6 Å². The SMILES string of the molecule is CCC(C)CNC(=O)c1c(F)cc(Br)c(S(N)(=O)=O)c1F. The van der Waals surface area contributed by atoms with Crippen LogP contribution in [-0.2, 0) is 10.0 Å². The lowest BCUT2D eigenvalue weighted by atomic mass is 10.1. The molecule has 1 atom stereocenters. The predicted octanol–water partition coefficient (Wildman–Crippen LogP) is 2.15. The molecule has 1 aromatic carbocycles. The van der Waals surface area contributed by atoms with Crippen molar-refractivity contribution in [2.45, 2.75) is 25.2 Å². The molecule has 0 aliphatic rings. The molecule has 1 aromatic rings. The third-order valence-corrected chi connectivity index (χ3v) is 4.80. The van der Waals surface area contributed by atoms with Crippen LogP contribution in [0, 0.1) is 17.6 Å². The van der Waals surface area contributed by atoms with E-state index in [1.807, 2.05) is 13.8 Å². The summed E-state index contributed by atoms with van der Waals surface area (Å²) in [5.74, 6) is -3.59. The van der Waals surface area contributed by atoms with Gasteiger partial charge in [-0.25, -0.2) is 22.3 Å². The minimum Gasteiger partial charge on any atom is -0.352 e. The highest BCUT2D eigenvalue weighted by Crippen LogP contribution is 2.28. The van der Waals surface area contributed by atoms with Crippen LogP contribution in [0.25, 0.3) is 0 Å². The highest BCUT2D eigenvalue weighted by Gasteiger charge is 2.28. The van der Waals surface area contributed by atoms with Gasteiger partial charge in [0, 0.05) is 11.0 Å². The zero-order valence-electron chi connectivity index (χ0n) is 11.4. The molecule has 1 unspecified atom stereocenters. The Morgan fingerprint density at radius 2 is 2.05 bits per heavy atom. The molecule has 0 bridgehead atoms. The third-order valence-electron chi connectivity index (χ3n) is 2.95. The van der Waals surface area contributed by atoms with Crippen LogP contribution in [0.2, 0.25) is 0 Å². The van der Waals surface area contributed by atoms with Gasteiger partial charge in [0.15, 0.2) is 5.82 Å². The van der Waals surface area contributed by atoms with E-state index < -0.39 is 38.0 Å². The minimum atomic E-state index is -4.44. The normalized spacial score (nSPS) is 13.0. The minimum absolute atomic E-state index is 0.119. The Morgan fingerprint density at radius 1 is 1.48 bits per heavy atom. The fourth-order valence-corrected chi connectivity index (χ4v) is 3.28. The van der Waals surface area contributed by atoms with Gasteiger partial charge in [-0.3, -0.25) is 4.79 Å². The Kier molecular flexibility index (Phi) is 5.83. The van der Waals surface area contributed by atoms with Gasteiger partial charge < -0.3 is 5.32 Å². The van der Waals surface area contributed by atoms with E-state index in [1.54, 1.807) is 0 Å². The molecule has 0 radical (unpaired) electrons. The molecule has 9 heteroatoms. The Bertz CT molecular complexity index is 665. The van der Waals surface area contributed by atoms with Crippen LogP contribution in [0.4, 0.5) is 8.78 Å². The summed E-state index contributed by atoms with van der Waals surface area (Å²) in [7, 11) is -4.44. The van der Waals surface area contributed by atoms with Crippen molar-refractivity contribution in [1.82, 2.24) is 5.32 Å². The highest BCUT2D eigenvalue weighted by molar-refractivity contribution is 9.10. The number of primary sulfonamides is 1. The van der Waals surface area contributed by atoms with Crippen LogP contribution in [0.15, 0.2) is 15.4 Å². The van der Waals surface area contributed by atoms with Gasteiger partial charge in [-0.05, 0) is 27.9 Å². The molecule has 0 aromatic heterocycles. The summed E-state index contributed by atoms with van der Waals surface area (Å²) < 4.78 is 50.2. The average molecular weight is 385 g/mol. The number of nitrogens with two attached hydrogens (primary N) is 1. The van der Waals surface area contributed by atoms with Crippen molar-refractivity contribution >= 4 is 31.9 Å². The van der Waals surface area contributed by atoms with E-state index in [9.17, 15) is 22.0 Å². The molecule has 21 heavy (non-hydrogen) atoms. The van der Waals surface area contributed by atoms with Gasteiger partial charge in [-0.2, -0.15) is 0 Å². The number of sulfonamides is 1. The molecule has 1 amide bonds. The average Bonchev–Trinajstić information content (AvgIpc) is 2.33. The van der Waals surface area contributed by atoms with E-state index in [4.69, 9.17) is 5.14 Å². The first kappa shape index (κ1) is 18.0. The lowest BCUT2D eigenvalue weighted by molar-refractivity contribution is 0.0938. The quantitative estimate of drug-likeness (QED) is 0.814. The number of hydrogen-bond donors (Lipinski definition) is 2. The van der Waals surface area contributed by atoms with Gasteiger partial charge in [-0.1, -0.05) is 20.3 Å². The van der Waals surface area contributed by atoms with Gasteiger partial charge in [0.25, 0.3) is 5.91 Å². The molecule has 0 spiro atoms. The van der Waals surface area contributed by atoms with Gasteiger partial charge >= 0.3 is 0 Å². The Labute approximate surface area is 130 Å². The molecule has 0 aliphatic heterocycles. The third kappa shape index (κ3) is 4.21. The number of nitrogens with one attached hydrogen (secondary N) is 1. The number of amides is 1. The van der Waals surface area contributed by atoms with Crippen molar-refractivity contribution in [3.05, 3.63) is 27.7 Å². The molecule has 0 saturated heterocycles. The van der Waals surface area contributed by atoms with Crippen molar-refractivity contribution in [1.29, 1.82) is 0 Å². The first-order chi connectivity index (χ1) is 9.59. The molecular formula is C12H15BrF2N2O3S. The molecule has 0 heterocycles. The predicted molar refractivity (Wildman–Crippen MR) is 77.2 cm³/mol. The molecule has 5 nitrogen and oxygen atoms in total. The molecule has 118 valence electrons. The van der Waals surface area contributed by atoms with Gasteiger partial charge in [0.05, 0.1) is 0 Å². The lowest BCUT2D eigenvalue weighted by Crippen LogP contribution is -2.30. The number of rotatable bonds is 5. The second kappa shape index (κ2) is 6.80. The summed E-state index contributed by atoms with van der Waals surface area (Å²) in [4.78, 5) is 10.9. The second-order valence-electron chi connectivity index (χ2n) is 4.63. The van der Waals surface area contributed by atoms with Crippen molar-refractivity contribution in [3.8, 4) is 0 Å². The van der Waals surface area contributed by atoms with Crippen LogP contribution >= 0.6 is 15.9 Å². The van der Waals surface area contributed by atoms with Crippen LogP contribution in [-0.4, -0.2) is 20.9 Å². The van der Waals surface area contributed by atoms with E-state index in [1.165, 1.54) is 0 Å². The van der Waals surface area contributed by atoms with E-state index in [0.717, 1.165) is 6.42 Å². The Morgan fingerprint density at radius 3 is 2.52 bits per heavy atom. The largest absolute Gasteiger partial charge is 0.352 e. The molecule has 0 saturated carbocycles. The number of carbonyl (C=O) groups is 1. The van der Waals surface area contributed by atoms with E-state index in [0.29, 0.717) is 6.07 Å². The van der Waals surface area contributed by atoms with E-state index in [2.05, 4.69) is 21.2 Å². The summed E-state index contributed by atoms with van der Waals surface area (Å²) >= 11 is 2.72.